The third kappa shape index (κ3) is 3.62. The molecule has 0 fully saturated rings. The van der Waals surface area contributed by atoms with E-state index >= 15 is 0 Å². The first-order valence-electron chi connectivity index (χ1n) is 7.40. The molecule has 0 amide bonds. The van der Waals surface area contributed by atoms with E-state index in [0.717, 1.165) is 0 Å². The average molecular weight is 326 g/mol. The van der Waals surface area contributed by atoms with Crippen LogP contribution in [-0.4, -0.2) is 32.6 Å². The summed E-state index contributed by atoms with van der Waals surface area (Å²) in [5.41, 5.74) is 1.22. The van der Waals surface area contributed by atoms with Gasteiger partial charge in [0.2, 0.25) is 5.82 Å². The number of carbonyl (C=O) groups excluding carboxylic acids is 1. The number of para-hydroxylation sites is 1. The molecule has 2 aromatic carbocycles. The molecule has 122 valence electrons. The van der Waals surface area contributed by atoms with E-state index in [9.17, 15) is 9.18 Å². The van der Waals surface area contributed by atoms with E-state index in [1.807, 2.05) is 6.07 Å². The van der Waals surface area contributed by atoms with Crippen molar-refractivity contribution in [2.75, 3.05) is 6.61 Å². The average Bonchev–Trinajstić information content (AvgIpc) is 3.05. The molecule has 0 unspecified atom stereocenters. The highest BCUT2D eigenvalue weighted by atomic mass is 19.1. The van der Waals surface area contributed by atoms with E-state index in [4.69, 9.17) is 4.74 Å². The molecular formula is C17H15FN4O2. The van der Waals surface area contributed by atoms with Gasteiger partial charge in [0.25, 0.3) is 0 Å². The van der Waals surface area contributed by atoms with E-state index in [1.165, 1.54) is 23.9 Å². The number of Topliss-reactive ketones (excluding diaryl/α,β-unsaturated/α-hetero) is 1. The Hall–Kier alpha value is -3.09. The summed E-state index contributed by atoms with van der Waals surface area (Å²) in [4.78, 5) is 12.9. The second-order valence-electron chi connectivity index (χ2n) is 5.12. The molecule has 7 heteroatoms. The Morgan fingerprint density at radius 3 is 2.67 bits per heavy atom. The van der Waals surface area contributed by atoms with E-state index in [2.05, 4.69) is 15.4 Å². The van der Waals surface area contributed by atoms with Crippen molar-refractivity contribution < 1.29 is 13.9 Å². The van der Waals surface area contributed by atoms with E-state index in [0.29, 0.717) is 35.9 Å². The molecule has 0 aliphatic carbocycles. The molecule has 0 atom stereocenters. The number of nitrogens with zero attached hydrogens (tertiary/aromatic N) is 4. The van der Waals surface area contributed by atoms with Crippen molar-refractivity contribution >= 4 is 5.78 Å². The third-order valence-corrected chi connectivity index (χ3v) is 3.37. The minimum Gasteiger partial charge on any atom is -0.491 e. The zero-order valence-corrected chi connectivity index (χ0v) is 13.0. The van der Waals surface area contributed by atoms with E-state index < -0.39 is 0 Å². The SMILES string of the molecule is CC(=O)c1ccccc1OCCn1nnc(-c2ccc(F)cc2)n1. The van der Waals surface area contributed by atoms with Crippen molar-refractivity contribution in [1.29, 1.82) is 0 Å². The highest BCUT2D eigenvalue weighted by Gasteiger charge is 2.09. The largest absolute Gasteiger partial charge is 0.491 e. The molecule has 1 aromatic heterocycles. The molecule has 0 saturated heterocycles. The summed E-state index contributed by atoms with van der Waals surface area (Å²) in [6, 6.07) is 12.9. The maximum atomic E-state index is 12.9. The Labute approximate surface area is 137 Å². The zero-order valence-electron chi connectivity index (χ0n) is 13.0. The van der Waals surface area contributed by atoms with Gasteiger partial charge < -0.3 is 4.74 Å². The van der Waals surface area contributed by atoms with Gasteiger partial charge in [-0.05, 0) is 48.5 Å². The van der Waals surface area contributed by atoms with Gasteiger partial charge in [-0.25, -0.2) is 4.39 Å². The first kappa shape index (κ1) is 15.8. The lowest BCUT2D eigenvalue weighted by Gasteiger charge is -2.08. The summed E-state index contributed by atoms with van der Waals surface area (Å²) in [6.45, 7) is 2.17. The number of halogens is 1. The van der Waals surface area contributed by atoms with Gasteiger partial charge >= 0.3 is 0 Å². The van der Waals surface area contributed by atoms with Crippen molar-refractivity contribution in [3.63, 3.8) is 0 Å². The molecule has 0 bridgehead atoms. The summed E-state index contributed by atoms with van der Waals surface area (Å²) in [5.74, 6) is 0.578. The van der Waals surface area contributed by atoms with Gasteiger partial charge in [-0.2, -0.15) is 4.80 Å². The number of rotatable bonds is 6. The number of benzene rings is 2. The standard InChI is InChI=1S/C17H15FN4O2/c1-12(23)15-4-2-3-5-16(15)24-11-10-22-20-17(19-21-22)13-6-8-14(18)9-7-13/h2-9H,10-11H2,1H3. The lowest BCUT2D eigenvalue weighted by molar-refractivity contribution is 0.101. The summed E-state index contributed by atoms with van der Waals surface area (Å²) in [7, 11) is 0. The fraction of sp³-hybridized carbons (Fsp3) is 0.176. The summed E-state index contributed by atoms with van der Waals surface area (Å²) in [5, 5.41) is 12.1. The Morgan fingerprint density at radius 2 is 1.92 bits per heavy atom. The fourth-order valence-corrected chi connectivity index (χ4v) is 2.17. The molecule has 24 heavy (non-hydrogen) atoms. The summed E-state index contributed by atoms with van der Waals surface area (Å²) in [6.07, 6.45) is 0. The second-order valence-corrected chi connectivity index (χ2v) is 5.12. The molecule has 0 saturated carbocycles. The van der Waals surface area contributed by atoms with Crippen molar-refractivity contribution in [1.82, 2.24) is 20.2 Å². The normalized spacial score (nSPS) is 10.6. The molecule has 0 aliphatic heterocycles. The summed E-state index contributed by atoms with van der Waals surface area (Å²) < 4.78 is 18.6. The van der Waals surface area contributed by atoms with Crippen LogP contribution in [0.3, 0.4) is 0 Å². The van der Waals surface area contributed by atoms with Gasteiger partial charge in [0.15, 0.2) is 5.78 Å². The van der Waals surface area contributed by atoms with Crippen molar-refractivity contribution in [2.24, 2.45) is 0 Å². The van der Waals surface area contributed by atoms with Crippen molar-refractivity contribution in [3.8, 4) is 17.1 Å². The van der Waals surface area contributed by atoms with Crippen LogP contribution in [0.5, 0.6) is 5.75 Å². The Morgan fingerprint density at radius 1 is 1.17 bits per heavy atom. The molecule has 0 aliphatic rings. The molecule has 6 nitrogen and oxygen atoms in total. The van der Waals surface area contributed by atoms with Gasteiger partial charge in [0, 0.05) is 5.56 Å². The van der Waals surface area contributed by atoms with Crippen LogP contribution in [0.1, 0.15) is 17.3 Å². The van der Waals surface area contributed by atoms with Crippen LogP contribution in [0.25, 0.3) is 11.4 Å². The van der Waals surface area contributed by atoms with Crippen LogP contribution in [0.15, 0.2) is 48.5 Å². The molecule has 0 N–H and O–H groups in total. The summed E-state index contributed by atoms with van der Waals surface area (Å²) >= 11 is 0. The van der Waals surface area contributed by atoms with Gasteiger partial charge in [0.1, 0.15) is 18.2 Å². The van der Waals surface area contributed by atoms with Crippen LogP contribution < -0.4 is 4.74 Å². The van der Waals surface area contributed by atoms with Crippen LogP contribution >= 0.6 is 0 Å². The number of ketones is 1. The van der Waals surface area contributed by atoms with Crippen molar-refractivity contribution in [3.05, 3.63) is 59.9 Å². The molecule has 3 aromatic rings. The van der Waals surface area contributed by atoms with Crippen molar-refractivity contribution in [2.45, 2.75) is 13.5 Å². The van der Waals surface area contributed by atoms with Crippen LogP contribution in [0.2, 0.25) is 0 Å². The zero-order chi connectivity index (χ0) is 16.9. The second kappa shape index (κ2) is 6.99. The van der Waals surface area contributed by atoms with E-state index in [-0.39, 0.29) is 11.6 Å². The number of carbonyl (C=O) groups is 1. The first-order valence-corrected chi connectivity index (χ1v) is 7.40. The maximum Gasteiger partial charge on any atom is 0.204 e. The molecule has 3 rings (SSSR count). The van der Waals surface area contributed by atoms with Gasteiger partial charge in [0.05, 0.1) is 12.1 Å². The predicted octanol–water partition coefficient (Wildman–Crippen LogP) is 2.76. The number of ether oxygens (including phenoxy) is 1. The molecular weight excluding hydrogens is 311 g/mol. The number of tetrazole rings is 1. The maximum absolute atomic E-state index is 12.9. The quantitative estimate of drug-likeness (QED) is 0.652. The minimum atomic E-state index is -0.316. The van der Waals surface area contributed by atoms with Gasteiger partial charge in [-0.3, -0.25) is 4.79 Å². The lowest BCUT2D eigenvalue weighted by Crippen LogP contribution is -2.12. The fourth-order valence-electron chi connectivity index (χ4n) is 2.17. The molecule has 0 radical (unpaired) electrons. The topological polar surface area (TPSA) is 69.9 Å². The van der Waals surface area contributed by atoms with Gasteiger partial charge in [-0.1, -0.05) is 12.1 Å². The Balaban J connectivity index is 1.62. The Kier molecular flexibility index (Phi) is 4.60. The molecule has 0 spiro atoms. The monoisotopic (exact) mass is 326 g/mol. The van der Waals surface area contributed by atoms with E-state index in [1.54, 1.807) is 30.3 Å². The smallest absolute Gasteiger partial charge is 0.204 e. The van der Waals surface area contributed by atoms with Crippen LogP contribution in [-0.2, 0) is 6.54 Å². The first-order chi connectivity index (χ1) is 11.6. The van der Waals surface area contributed by atoms with Gasteiger partial charge in [-0.15, -0.1) is 10.2 Å². The Bertz CT molecular complexity index is 846. The highest BCUT2D eigenvalue weighted by Crippen LogP contribution is 2.18. The van der Waals surface area contributed by atoms with Crippen LogP contribution in [0, 0.1) is 5.82 Å². The lowest BCUT2D eigenvalue weighted by atomic mass is 10.1. The number of hydrogen-bond donors (Lipinski definition) is 0. The minimum absolute atomic E-state index is 0.0527. The number of hydrogen-bond acceptors (Lipinski definition) is 5. The molecule has 1 heterocycles. The predicted molar refractivity (Wildman–Crippen MR) is 85.2 cm³/mol. The number of aromatic nitrogens is 4. The third-order valence-electron chi connectivity index (χ3n) is 3.37. The van der Waals surface area contributed by atoms with Crippen LogP contribution in [0.4, 0.5) is 4.39 Å². The highest BCUT2D eigenvalue weighted by molar-refractivity contribution is 5.96.